The van der Waals surface area contributed by atoms with Crippen LogP contribution in [-0.2, 0) is 11.3 Å². The van der Waals surface area contributed by atoms with Gasteiger partial charge in [0.1, 0.15) is 5.76 Å². The van der Waals surface area contributed by atoms with Crippen LogP contribution in [0, 0.1) is 13.8 Å². The molecule has 0 aliphatic carbocycles. The van der Waals surface area contributed by atoms with Crippen molar-refractivity contribution in [2.45, 2.75) is 33.7 Å². The predicted molar refractivity (Wildman–Crippen MR) is 89.3 cm³/mol. The van der Waals surface area contributed by atoms with Gasteiger partial charge in [0, 0.05) is 6.42 Å². The lowest BCUT2D eigenvalue weighted by Gasteiger charge is -2.17. The molecule has 0 atom stereocenters. The monoisotopic (exact) mass is 314 g/mol. The quantitative estimate of drug-likeness (QED) is 0.714. The molecule has 0 unspecified atom stereocenters. The van der Waals surface area contributed by atoms with Crippen molar-refractivity contribution in [3.8, 4) is 0 Å². The molecule has 0 fully saturated rings. The highest BCUT2D eigenvalue weighted by atomic mass is 32.1. The Bertz CT molecular complexity index is 806. The molecule has 0 radical (unpaired) electrons. The summed E-state index contributed by atoms with van der Waals surface area (Å²) >= 11 is 1.55. The van der Waals surface area contributed by atoms with Crippen LogP contribution < -0.4 is 4.90 Å². The van der Waals surface area contributed by atoms with Crippen molar-refractivity contribution < 1.29 is 9.21 Å². The number of hydrogen-bond acceptors (Lipinski definition) is 4. The van der Waals surface area contributed by atoms with Crippen LogP contribution in [0.5, 0.6) is 0 Å². The minimum atomic E-state index is 0.0461. The number of carbonyl (C=O) groups excluding carboxylic acids is 1. The fourth-order valence-electron chi connectivity index (χ4n) is 2.49. The number of thiazole rings is 1. The van der Waals surface area contributed by atoms with Crippen molar-refractivity contribution in [1.82, 2.24) is 4.98 Å². The Morgan fingerprint density at radius 2 is 2.18 bits per heavy atom. The van der Waals surface area contributed by atoms with Gasteiger partial charge in [-0.05, 0) is 43.2 Å². The van der Waals surface area contributed by atoms with Crippen LogP contribution in [-0.4, -0.2) is 10.9 Å². The molecule has 0 saturated heterocycles. The van der Waals surface area contributed by atoms with Gasteiger partial charge in [0.2, 0.25) is 5.91 Å². The number of furan rings is 1. The number of nitrogens with zero attached hydrogens (tertiary/aromatic N) is 2. The lowest BCUT2D eigenvalue weighted by Crippen LogP contribution is -2.29. The van der Waals surface area contributed by atoms with E-state index in [1.807, 2.05) is 19.1 Å². The summed E-state index contributed by atoms with van der Waals surface area (Å²) in [4.78, 5) is 18.7. The molecule has 0 aliphatic heterocycles. The van der Waals surface area contributed by atoms with Gasteiger partial charge >= 0.3 is 0 Å². The topological polar surface area (TPSA) is 46.3 Å². The molecule has 5 heteroatoms. The average Bonchev–Trinajstić information content (AvgIpc) is 3.12. The molecule has 2 heterocycles. The Balaban J connectivity index is 2.03. The molecular weight excluding hydrogens is 296 g/mol. The fraction of sp³-hybridized carbons (Fsp3) is 0.294. The van der Waals surface area contributed by atoms with Gasteiger partial charge in [0.05, 0.1) is 23.0 Å². The SMILES string of the molecule is CCC(=O)N(Cc1ccco1)c1nc2c(C)cc(C)cc2s1. The Morgan fingerprint density at radius 3 is 2.86 bits per heavy atom. The standard InChI is InChI=1S/C17H18N2O2S/c1-4-15(20)19(10-13-6-5-7-21-13)17-18-16-12(3)8-11(2)9-14(16)22-17/h5-9H,4,10H2,1-3H3. The maximum Gasteiger partial charge on any atom is 0.228 e. The minimum Gasteiger partial charge on any atom is -0.467 e. The van der Waals surface area contributed by atoms with Crippen LogP contribution in [0.1, 0.15) is 30.2 Å². The Morgan fingerprint density at radius 1 is 1.36 bits per heavy atom. The summed E-state index contributed by atoms with van der Waals surface area (Å²) < 4.78 is 6.49. The number of aromatic nitrogens is 1. The molecule has 2 aromatic heterocycles. The van der Waals surface area contributed by atoms with E-state index in [-0.39, 0.29) is 5.91 Å². The lowest BCUT2D eigenvalue weighted by atomic mass is 10.1. The van der Waals surface area contributed by atoms with Gasteiger partial charge in [0.15, 0.2) is 5.13 Å². The molecule has 114 valence electrons. The van der Waals surface area contributed by atoms with Crippen molar-refractivity contribution in [2.75, 3.05) is 4.90 Å². The first-order chi connectivity index (χ1) is 10.6. The first-order valence-electron chi connectivity index (χ1n) is 7.29. The van der Waals surface area contributed by atoms with E-state index in [1.165, 1.54) is 5.56 Å². The second-order valence-corrected chi connectivity index (χ2v) is 6.35. The molecule has 1 amide bonds. The van der Waals surface area contributed by atoms with Gasteiger partial charge < -0.3 is 4.42 Å². The zero-order valence-electron chi connectivity index (χ0n) is 12.9. The van der Waals surface area contributed by atoms with Crippen LogP contribution in [0.4, 0.5) is 5.13 Å². The molecule has 0 N–H and O–H groups in total. The van der Waals surface area contributed by atoms with Crippen LogP contribution in [0.15, 0.2) is 34.9 Å². The van der Waals surface area contributed by atoms with E-state index in [1.54, 1.807) is 22.5 Å². The van der Waals surface area contributed by atoms with Crippen molar-refractivity contribution in [3.05, 3.63) is 47.4 Å². The van der Waals surface area contributed by atoms with Gasteiger partial charge in [-0.25, -0.2) is 4.98 Å². The van der Waals surface area contributed by atoms with Gasteiger partial charge in [-0.3, -0.25) is 9.69 Å². The molecule has 0 aliphatic rings. The van der Waals surface area contributed by atoms with Crippen LogP contribution in [0.3, 0.4) is 0 Å². The normalized spacial score (nSPS) is 11.0. The Hall–Kier alpha value is -2.14. The van der Waals surface area contributed by atoms with Crippen molar-refractivity contribution in [2.24, 2.45) is 0 Å². The van der Waals surface area contributed by atoms with E-state index >= 15 is 0 Å². The number of benzene rings is 1. The Kier molecular flexibility index (Phi) is 3.98. The van der Waals surface area contributed by atoms with Crippen molar-refractivity contribution >= 4 is 32.6 Å². The van der Waals surface area contributed by atoms with E-state index in [9.17, 15) is 4.79 Å². The first kappa shape index (κ1) is 14.8. The summed E-state index contributed by atoms with van der Waals surface area (Å²) in [6.07, 6.45) is 2.06. The molecule has 0 saturated carbocycles. The summed E-state index contributed by atoms with van der Waals surface area (Å²) in [6, 6.07) is 7.93. The smallest absolute Gasteiger partial charge is 0.228 e. The highest BCUT2D eigenvalue weighted by molar-refractivity contribution is 7.22. The second kappa shape index (κ2) is 5.93. The maximum absolute atomic E-state index is 12.3. The van der Waals surface area contributed by atoms with Crippen molar-refractivity contribution in [1.29, 1.82) is 0 Å². The summed E-state index contributed by atoms with van der Waals surface area (Å²) in [7, 11) is 0. The summed E-state index contributed by atoms with van der Waals surface area (Å²) in [5, 5.41) is 0.729. The lowest BCUT2D eigenvalue weighted by molar-refractivity contribution is -0.118. The summed E-state index contributed by atoms with van der Waals surface area (Å²) in [5.41, 5.74) is 3.32. The third-order valence-electron chi connectivity index (χ3n) is 3.55. The number of aryl methyl sites for hydroxylation is 2. The molecule has 3 rings (SSSR count). The fourth-order valence-corrected chi connectivity index (χ4v) is 3.64. The van der Waals surface area contributed by atoms with Crippen LogP contribution in [0.2, 0.25) is 0 Å². The van der Waals surface area contributed by atoms with Crippen LogP contribution >= 0.6 is 11.3 Å². The number of hydrogen-bond donors (Lipinski definition) is 0. The van der Waals surface area contributed by atoms with Crippen molar-refractivity contribution in [3.63, 3.8) is 0 Å². The van der Waals surface area contributed by atoms with E-state index in [2.05, 4.69) is 31.0 Å². The number of anilines is 1. The van der Waals surface area contributed by atoms with E-state index in [0.29, 0.717) is 13.0 Å². The molecular formula is C17H18N2O2S. The highest BCUT2D eigenvalue weighted by Crippen LogP contribution is 2.32. The highest BCUT2D eigenvalue weighted by Gasteiger charge is 2.20. The maximum atomic E-state index is 12.3. The molecule has 22 heavy (non-hydrogen) atoms. The molecule has 0 spiro atoms. The molecule has 1 aromatic carbocycles. The molecule has 4 nitrogen and oxygen atoms in total. The van der Waals surface area contributed by atoms with Gasteiger partial charge in [-0.2, -0.15) is 0 Å². The van der Waals surface area contributed by atoms with E-state index in [4.69, 9.17) is 4.42 Å². The summed E-state index contributed by atoms with van der Waals surface area (Å²) in [6.45, 7) is 6.40. The second-order valence-electron chi connectivity index (χ2n) is 5.34. The predicted octanol–water partition coefficient (Wildman–Crippen LogP) is 4.45. The molecule has 3 aromatic rings. The largest absolute Gasteiger partial charge is 0.467 e. The van der Waals surface area contributed by atoms with Crippen LogP contribution in [0.25, 0.3) is 10.2 Å². The number of carbonyl (C=O) groups is 1. The third kappa shape index (κ3) is 2.76. The molecule has 0 bridgehead atoms. The van der Waals surface area contributed by atoms with E-state index < -0.39 is 0 Å². The zero-order chi connectivity index (χ0) is 15.7. The number of fused-ring (bicyclic) bond motifs is 1. The summed E-state index contributed by atoms with van der Waals surface area (Å²) in [5.74, 6) is 0.804. The number of amides is 1. The zero-order valence-corrected chi connectivity index (χ0v) is 13.7. The average molecular weight is 314 g/mol. The van der Waals surface area contributed by atoms with Gasteiger partial charge in [-0.1, -0.05) is 24.3 Å². The first-order valence-corrected chi connectivity index (χ1v) is 8.10. The minimum absolute atomic E-state index is 0.0461. The Labute approximate surface area is 133 Å². The van der Waals surface area contributed by atoms with E-state index in [0.717, 1.165) is 26.7 Å². The van der Waals surface area contributed by atoms with Gasteiger partial charge in [0.25, 0.3) is 0 Å². The van der Waals surface area contributed by atoms with Gasteiger partial charge in [-0.15, -0.1) is 0 Å². The third-order valence-corrected chi connectivity index (χ3v) is 4.57. The number of rotatable bonds is 4.